The molecule has 3 saturated heterocycles. The molecule has 0 saturated carbocycles. The highest BCUT2D eigenvalue weighted by atomic mass is 16.7. The fourth-order valence-corrected chi connectivity index (χ4v) is 3.92. The summed E-state index contributed by atoms with van der Waals surface area (Å²) < 4.78 is 26.8. The molecule has 0 aromatic carbocycles. The van der Waals surface area contributed by atoms with E-state index < -0.39 is 105 Å². The van der Waals surface area contributed by atoms with E-state index in [1.807, 2.05) is 0 Å². The van der Waals surface area contributed by atoms with Crippen LogP contribution in [-0.4, -0.2) is 163 Å². The van der Waals surface area contributed by atoms with Crippen LogP contribution in [-0.2, 0) is 23.7 Å². The Hall–Kier alpha value is -0.600. The maximum Gasteiger partial charge on any atom is 0.186 e. The number of ether oxygens (including phenoxy) is 5. The Labute approximate surface area is 194 Å². The standard InChI is InChI=1S/C19H34O15/c1-5-9(21)13(25)11(23)7(3-30-5)33-19-17(29)15(27)12(24)8(4-32-19)34-18-16(28)14(26)10(22)6(20)2-31-18/h5-29H,2-4H2,1H3/t5-,6-,7-,8-,9-,10-,11-,12-,13-,14+,15+,16+,17+,18-,19-/m1/s1. The lowest BCUT2D eigenvalue weighted by Crippen LogP contribution is -2.52. The largest absolute Gasteiger partial charge is 0.388 e. The van der Waals surface area contributed by atoms with Gasteiger partial charge < -0.3 is 74.7 Å². The average molecular weight is 502 g/mol. The van der Waals surface area contributed by atoms with E-state index in [1.165, 1.54) is 6.92 Å². The van der Waals surface area contributed by atoms with Crippen LogP contribution < -0.4 is 0 Å². The number of hydrogen-bond donors (Lipinski definition) is 10. The summed E-state index contributed by atoms with van der Waals surface area (Å²) in [6.07, 6.45) is -24.1. The Morgan fingerprint density at radius 3 is 1.41 bits per heavy atom. The van der Waals surface area contributed by atoms with E-state index in [0.29, 0.717) is 0 Å². The second-order valence-corrected chi connectivity index (χ2v) is 8.77. The molecule has 0 unspecified atom stereocenters. The molecule has 10 N–H and O–H groups in total. The van der Waals surface area contributed by atoms with Gasteiger partial charge in [0.15, 0.2) is 12.6 Å². The summed E-state index contributed by atoms with van der Waals surface area (Å²) in [4.78, 5) is 0. The van der Waals surface area contributed by atoms with Gasteiger partial charge in [-0.25, -0.2) is 0 Å². The van der Waals surface area contributed by atoms with Crippen LogP contribution in [0.3, 0.4) is 0 Å². The number of aliphatic hydroxyl groups is 10. The van der Waals surface area contributed by atoms with Gasteiger partial charge in [-0.1, -0.05) is 0 Å². The van der Waals surface area contributed by atoms with E-state index in [1.54, 1.807) is 0 Å². The number of aliphatic hydroxyl groups excluding tert-OH is 10. The number of hydrogen-bond acceptors (Lipinski definition) is 15. The summed E-state index contributed by atoms with van der Waals surface area (Å²) in [6, 6.07) is 0. The van der Waals surface area contributed by atoms with Crippen LogP contribution in [0.1, 0.15) is 6.92 Å². The summed E-state index contributed by atoms with van der Waals surface area (Å²) >= 11 is 0. The Balaban J connectivity index is 1.68. The Kier molecular flexibility index (Phi) is 9.57. The van der Waals surface area contributed by atoms with Crippen molar-refractivity contribution in [2.75, 3.05) is 19.8 Å². The van der Waals surface area contributed by atoms with Crippen LogP contribution in [0.5, 0.6) is 0 Å². The lowest BCUT2D eigenvalue weighted by molar-refractivity contribution is -0.263. The molecule has 15 atom stereocenters. The van der Waals surface area contributed by atoms with Gasteiger partial charge in [0, 0.05) is 0 Å². The zero-order chi connectivity index (χ0) is 25.3. The second-order valence-electron chi connectivity index (χ2n) is 8.77. The Morgan fingerprint density at radius 2 is 0.882 bits per heavy atom. The highest BCUT2D eigenvalue weighted by molar-refractivity contribution is 4.92. The van der Waals surface area contributed by atoms with Crippen molar-refractivity contribution in [3.05, 3.63) is 0 Å². The van der Waals surface area contributed by atoms with Gasteiger partial charge in [-0.2, -0.15) is 0 Å². The first-order chi connectivity index (χ1) is 15.9. The van der Waals surface area contributed by atoms with Gasteiger partial charge in [-0.3, -0.25) is 0 Å². The molecule has 3 rings (SSSR count). The highest BCUT2D eigenvalue weighted by Gasteiger charge is 2.47. The van der Waals surface area contributed by atoms with Crippen LogP contribution >= 0.6 is 0 Å². The van der Waals surface area contributed by atoms with Gasteiger partial charge >= 0.3 is 0 Å². The third kappa shape index (κ3) is 5.86. The quantitative estimate of drug-likeness (QED) is 0.172. The van der Waals surface area contributed by atoms with E-state index in [0.717, 1.165) is 0 Å². The first-order valence-corrected chi connectivity index (χ1v) is 10.9. The fraction of sp³-hybridized carbons (Fsp3) is 1.00. The van der Waals surface area contributed by atoms with Gasteiger partial charge in [0.05, 0.1) is 25.9 Å². The molecule has 15 heteroatoms. The molecule has 3 heterocycles. The molecule has 0 amide bonds. The van der Waals surface area contributed by atoms with E-state index in [4.69, 9.17) is 23.7 Å². The topological polar surface area (TPSA) is 248 Å². The fourth-order valence-electron chi connectivity index (χ4n) is 3.92. The monoisotopic (exact) mass is 502 g/mol. The predicted molar refractivity (Wildman–Crippen MR) is 105 cm³/mol. The van der Waals surface area contributed by atoms with Crippen molar-refractivity contribution >= 4 is 0 Å². The molecule has 0 aliphatic carbocycles. The van der Waals surface area contributed by atoms with Crippen molar-refractivity contribution in [1.29, 1.82) is 0 Å². The van der Waals surface area contributed by atoms with Crippen molar-refractivity contribution in [2.45, 2.75) is 98.9 Å². The minimum Gasteiger partial charge on any atom is -0.388 e. The van der Waals surface area contributed by atoms with E-state index >= 15 is 0 Å². The maximum absolute atomic E-state index is 10.5. The lowest BCUT2D eigenvalue weighted by atomic mass is 10.0. The summed E-state index contributed by atoms with van der Waals surface area (Å²) in [5.74, 6) is 0. The zero-order valence-corrected chi connectivity index (χ0v) is 18.3. The molecule has 3 aliphatic rings. The highest BCUT2D eigenvalue weighted by Crippen LogP contribution is 2.26. The molecule has 200 valence electrons. The average Bonchev–Trinajstić information content (AvgIpc) is 3.02. The molecule has 3 aliphatic heterocycles. The van der Waals surface area contributed by atoms with Crippen LogP contribution in [0.25, 0.3) is 0 Å². The minimum atomic E-state index is -1.92. The van der Waals surface area contributed by atoms with Crippen LogP contribution in [0.4, 0.5) is 0 Å². The zero-order valence-electron chi connectivity index (χ0n) is 18.3. The smallest absolute Gasteiger partial charge is 0.186 e. The van der Waals surface area contributed by atoms with Crippen molar-refractivity contribution < 1.29 is 74.7 Å². The summed E-state index contributed by atoms with van der Waals surface area (Å²) in [7, 11) is 0. The first kappa shape index (κ1) is 28.0. The van der Waals surface area contributed by atoms with Gasteiger partial charge in [0.2, 0.25) is 0 Å². The molecular formula is C19H34O15. The van der Waals surface area contributed by atoms with Crippen LogP contribution in [0, 0.1) is 0 Å². The van der Waals surface area contributed by atoms with Crippen molar-refractivity contribution in [1.82, 2.24) is 0 Å². The van der Waals surface area contributed by atoms with Crippen molar-refractivity contribution in [2.24, 2.45) is 0 Å². The predicted octanol–water partition coefficient (Wildman–Crippen LogP) is -6.50. The van der Waals surface area contributed by atoms with Crippen molar-refractivity contribution in [3.63, 3.8) is 0 Å². The lowest BCUT2D eigenvalue weighted by Gasteiger charge is -2.31. The second kappa shape index (κ2) is 11.6. The molecule has 0 spiro atoms. The van der Waals surface area contributed by atoms with E-state index in [2.05, 4.69) is 0 Å². The molecule has 0 radical (unpaired) electrons. The summed E-state index contributed by atoms with van der Waals surface area (Å²) in [5, 5.41) is 101. The van der Waals surface area contributed by atoms with Gasteiger partial charge in [0.25, 0.3) is 0 Å². The molecule has 3 fully saturated rings. The molecular weight excluding hydrogens is 468 g/mol. The van der Waals surface area contributed by atoms with Crippen LogP contribution in [0.15, 0.2) is 0 Å². The SMILES string of the molecule is C[C@H]1OC[C@@H](O[C@H]2OC[C@@H](O[C@H]3OC[C@@H](O)[C@@H](O)[C@H](O)[C@@H]3O)[C@@H](O)[C@H](O)[C@@H]2O)[C@@H](O)[C@H](O)[C@@H]1O. The summed E-state index contributed by atoms with van der Waals surface area (Å²) in [6.45, 7) is 0.110. The van der Waals surface area contributed by atoms with Gasteiger partial charge in [-0.15, -0.1) is 0 Å². The first-order valence-electron chi connectivity index (χ1n) is 10.9. The van der Waals surface area contributed by atoms with Gasteiger partial charge in [-0.05, 0) is 6.92 Å². The molecule has 34 heavy (non-hydrogen) atoms. The van der Waals surface area contributed by atoms with E-state index in [-0.39, 0.29) is 6.61 Å². The summed E-state index contributed by atoms with van der Waals surface area (Å²) in [5.41, 5.74) is 0. The third-order valence-electron chi connectivity index (χ3n) is 6.29. The molecule has 0 aromatic heterocycles. The van der Waals surface area contributed by atoms with E-state index in [9.17, 15) is 51.1 Å². The van der Waals surface area contributed by atoms with Crippen LogP contribution in [0.2, 0.25) is 0 Å². The van der Waals surface area contributed by atoms with Crippen molar-refractivity contribution in [3.8, 4) is 0 Å². The third-order valence-corrected chi connectivity index (χ3v) is 6.29. The minimum absolute atomic E-state index is 0.299. The molecule has 0 bridgehead atoms. The van der Waals surface area contributed by atoms with Gasteiger partial charge in [0.1, 0.15) is 73.2 Å². The number of rotatable bonds is 4. The molecule has 0 aromatic rings. The Morgan fingerprint density at radius 1 is 0.471 bits per heavy atom. The maximum atomic E-state index is 10.5. The molecule has 15 nitrogen and oxygen atoms in total. The normalized spacial score (nSPS) is 53.6. The Bertz CT molecular complexity index is 589.